The second-order valence-corrected chi connectivity index (χ2v) is 8.66. The fraction of sp³-hybridized carbons (Fsp3) is 0.389. The van der Waals surface area contributed by atoms with Gasteiger partial charge in [0.1, 0.15) is 5.75 Å². The van der Waals surface area contributed by atoms with Crippen molar-refractivity contribution in [1.29, 1.82) is 0 Å². The maximum absolute atomic E-state index is 12.5. The van der Waals surface area contributed by atoms with Gasteiger partial charge in [-0.1, -0.05) is 23.9 Å². The van der Waals surface area contributed by atoms with Gasteiger partial charge in [-0.2, -0.15) is 0 Å². The Morgan fingerprint density at radius 3 is 2.92 bits per heavy atom. The fourth-order valence-electron chi connectivity index (χ4n) is 3.53. The molecular formula is C18H20N2O2S2. The zero-order valence-electron chi connectivity index (χ0n) is 13.5. The van der Waals surface area contributed by atoms with Gasteiger partial charge in [0, 0.05) is 18.1 Å². The van der Waals surface area contributed by atoms with Crippen LogP contribution in [0.25, 0.3) is 0 Å². The molecule has 2 N–H and O–H groups in total. The Balaban J connectivity index is 1.42. The van der Waals surface area contributed by atoms with Crippen LogP contribution in [-0.2, 0) is 0 Å². The van der Waals surface area contributed by atoms with Crippen LogP contribution in [0.5, 0.6) is 5.75 Å². The molecule has 0 radical (unpaired) electrons. The first-order valence-corrected chi connectivity index (χ1v) is 9.84. The van der Waals surface area contributed by atoms with Crippen LogP contribution in [0.15, 0.2) is 45.5 Å². The van der Waals surface area contributed by atoms with Gasteiger partial charge < -0.3 is 15.4 Å². The molecule has 2 bridgehead atoms. The second kappa shape index (κ2) is 6.78. The van der Waals surface area contributed by atoms with E-state index in [9.17, 15) is 4.79 Å². The van der Waals surface area contributed by atoms with Crippen molar-refractivity contribution < 1.29 is 9.53 Å². The molecule has 6 heteroatoms. The van der Waals surface area contributed by atoms with Gasteiger partial charge in [-0.15, -0.1) is 11.3 Å². The summed E-state index contributed by atoms with van der Waals surface area (Å²) in [5.74, 6) is 0.904. The van der Waals surface area contributed by atoms with Crippen molar-refractivity contribution in [3.05, 3.63) is 41.3 Å². The normalized spacial score (nSPS) is 25.0. The average molecular weight is 361 g/mol. The van der Waals surface area contributed by atoms with E-state index in [1.807, 2.05) is 36.4 Å². The van der Waals surface area contributed by atoms with Crippen molar-refractivity contribution in [2.45, 2.75) is 46.5 Å². The third-order valence-electron chi connectivity index (χ3n) is 4.70. The standard InChI is InChI=1S/C18H20N2O2S2/c1-22-14-4-2-3-5-15(14)23-17-9-8-16(24-17)18(21)20-13-10-11-6-7-12(13)19-11/h2-5,8-9,11-13,19H,6-7,10H2,1H3,(H,20,21). The van der Waals surface area contributed by atoms with Crippen LogP contribution in [0.2, 0.25) is 0 Å². The van der Waals surface area contributed by atoms with Crippen molar-refractivity contribution in [3.8, 4) is 5.75 Å². The molecule has 0 aliphatic carbocycles. The lowest BCUT2D eigenvalue weighted by molar-refractivity contribution is 0.0935. The topological polar surface area (TPSA) is 50.4 Å². The smallest absolute Gasteiger partial charge is 0.261 e. The summed E-state index contributed by atoms with van der Waals surface area (Å²) in [6, 6.07) is 13.2. The van der Waals surface area contributed by atoms with Crippen LogP contribution in [0.4, 0.5) is 0 Å². The lowest BCUT2D eigenvalue weighted by Gasteiger charge is -2.20. The van der Waals surface area contributed by atoms with Crippen molar-refractivity contribution in [1.82, 2.24) is 10.6 Å². The number of carbonyl (C=O) groups is 1. The lowest BCUT2D eigenvalue weighted by Crippen LogP contribution is -2.42. The summed E-state index contributed by atoms with van der Waals surface area (Å²) in [5.41, 5.74) is 0. The predicted octanol–water partition coefficient (Wildman–Crippen LogP) is 3.53. The Kier molecular flexibility index (Phi) is 4.52. The van der Waals surface area contributed by atoms with Gasteiger partial charge >= 0.3 is 0 Å². The van der Waals surface area contributed by atoms with Gasteiger partial charge in [-0.05, 0) is 43.5 Å². The van der Waals surface area contributed by atoms with Gasteiger partial charge in [0.25, 0.3) is 5.91 Å². The van der Waals surface area contributed by atoms with Crippen molar-refractivity contribution >= 4 is 29.0 Å². The number of hydrogen-bond acceptors (Lipinski definition) is 5. The van der Waals surface area contributed by atoms with Gasteiger partial charge in [0.2, 0.25) is 0 Å². The molecule has 2 aromatic rings. The fourth-order valence-corrected chi connectivity index (χ4v) is 5.63. The maximum atomic E-state index is 12.5. The minimum absolute atomic E-state index is 0.0474. The summed E-state index contributed by atoms with van der Waals surface area (Å²) in [6.45, 7) is 0. The first-order valence-electron chi connectivity index (χ1n) is 8.20. The Morgan fingerprint density at radius 1 is 1.29 bits per heavy atom. The molecule has 3 atom stereocenters. The maximum Gasteiger partial charge on any atom is 0.261 e. The average Bonchev–Trinajstić information content (AvgIpc) is 3.32. The molecule has 2 saturated heterocycles. The summed E-state index contributed by atoms with van der Waals surface area (Å²) in [7, 11) is 1.68. The quantitative estimate of drug-likeness (QED) is 0.856. The van der Waals surface area contributed by atoms with Crippen molar-refractivity contribution in [2.75, 3.05) is 7.11 Å². The minimum atomic E-state index is 0.0474. The highest BCUT2D eigenvalue weighted by Gasteiger charge is 2.39. The Hall–Kier alpha value is -1.50. The van der Waals surface area contributed by atoms with E-state index in [4.69, 9.17) is 4.74 Å². The monoisotopic (exact) mass is 360 g/mol. The summed E-state index contributed by atoms with van der Waals surface area (Å²) in [5, 5.41) is 6.76. The highest BCUT2D eigenvalue weighted by Crippen LogP contribution is 2.38. The van der Waals surface area contributed by atoms with Gasteiger partial charge in [0.15, 0.2) is 0 Å². The molecule has 3 unspecified atom stereocenters. The van der Waals surface area contributed by atoms with Crippen LogP contribution >= 0.6 is 23.1 Å². The molecular weight excluding hydrogens is 340 g/mol. The van der Waals surface area contributed by atoms with E-state index in [2.05, 4.69) is 10.6 Å². The largest absolute Gasteiger partial charge is 0.496 e. The number of thiophene rings is 1. The van der Waals surface area contributed by atoms with E-state index in [0.29, 0.717) is 12.1 Å². The van der Waals surface area contributed by atoms with Gasteiger partial charge in [-0.25, -0.2) is 0 Å². The van der Waals surface area contributed by atoms with E-state index in [-0.39, 0.29) is 11.9 Å². The number of rotatable bonds is 5. The summed E-state index contributed by atoms with van der Waals surface area (Å²) < 4.78 is 6.48. The second-order valence-electron chi connectivity index (χ2n) is 6.23. The molecule has 2 aliphatic heterocycles. The Morgan fingerprint density at radius 2 is 2.17 bits per heavy atom. The first kappa shape index (κ1) is 16.0. The third-order valence-corrected chi connectivity index (χ3v) is 6.97. The molecule has 4 rings (SSSR count). The van der Waals surface area contributed by atoms with E-state index in [0.717, 1.165) is 26.2 Å². The minimum Gasteiger partial charge on any atom is -0.496 e. The molecule has 2 aliphatic rings. The number of benzene rings is 1. The summed E-state index contributed by atoms with van der Waals surface area (Å²) in [6.07, 6.45) is 3.48. The van der Waals surface area contributed by atoms with Gasteiger partial charge in [-0.3, -0.25) is 4.79 Å². The molecule has 0 spiro atoms. The number of amides is 1. The molecule has 1 aromatic carbocycles. The highest BCUT2D eigenvalue weighted by molar-refractivity contribution is 8.01. The molecule has 4 nitrogen and oxygen atoms in total. The van der Waals surface area contributed by atoms with Crippen LogP contribution in [0, 0.1) is 0 Å². The number of fused-ring (bicyclic) bond motifs is 2. The third kappa shape index (κ3) is 3.18. The van der Waals surface area contributed by atoms with Crippen molar-refractivity contribution in [2.24, 2.45) is 0 Å². The zero-order chi connectivity index (χ0) is 16.5. The van der Waals surface area contributed by atoms with E-state index in [1.165, 1.54) is 24.2 Å². The zero-order valence-corrected chi connectivity index (χ0v) is 15.1. The predicted molar refractivity (Wildman–Crippen MR) is 97.3 cm³/mol. The van der Waals surface area contributed by atoms with Crippen LogP contribution in [0.1, 0.15) is 28.9 Å². The molecule has 24 heavy (non-hydrogen) atoms. The molecule has 126 valence electrons. The molecule has 2 fully saturated rings. The highest BCUT2D eigenvalue weighted by atomic mass is 32.2. The van der Waals surface area contributed by atoms with E-state index < -0.39 is 0 Å². The number of methoxy groups -OCH3 is 1. The Labute approximate surface area is 150 Å². The summed E-state index contributed by atoms with van der Waals surface area (Å²) >= 11 is 3.17. The SMILES string of the molecule is COc1ccccc1Sc1ccc(C(=O)NC2CC3CCC2N3)s1. The first-order chi connectivity index (χ1) is 11.7. The number of hydrogen-bond donors (Lipinski definition) is 2. The van der Waals surface area contributed by atoms with Crippen LogP contribution < -0.4 is 15.4 Å². The number of carbonyl (C=O) groups excluding carboxylic acids is 1. The number of nitrogens with one attached hydrogen (secondary N) is 2. The van der Waals surface area contributed by atoms with Crippen molar-refractivity contribution in [3.63, 3.8) is 0 Å². The Bertz CT molecular complexity index is 746. The van der Waals surface area contributed by atoms with Crippen LogP contribution in [-0.4, -0.2) is 31.1 Å². The van der Waals surface area contributed by atoms with Crippen LogP contribution in [0.3, 0.4) is 0 Å². The van der Waals surface area contributed by atoms with E-state index >= 15 is 0 Å². The molecule has 1 amide bonds. The van der Waals surface area contributed by atoms with E-state index in [1.54, 1.807) is 18.9 Å². The molecule has 1 aromatic heterocycles. The number of ether oxygens (including phenoxy) is 1. The lowest BCUT2D eigenvalue weighted by atomic mass is 9.95. The molecule has 3 heterocycles. The summed E-state index contributed by atoms with van der Waals surface area (Å²) in [4.78, 5) is 14.3. The van der Waals surface area contributed by atoms with Gasteiger partial charge in [0.05, 0.1) is 21.1 Å². The number of para-hydroxylation sites is 1. The molecule has 0 saturated carbocycles.